The SMILES string of the molecule is CC(C)(C)c1ccc(C(c2ccc3c(c2)N(c2ccccc2)c2cc(C(C)(C)C)cc4c2B3c2oc3c(c2N4c2ccccc2)CCCC3)c2ccc(C(C)(C)C)cc2-c2cccc3c2oc2ccccc23)cc1. The highest BCUT2D eigenvalue weighted by molar-refractivity contribution is 6.99. The highest BCUT2D eigenvalue weighted by Gasteiger charge is 2.48. The fraction of sp³-hybridized carbons (Fsp3) is 0.246. The second-order valence-corrected chi connectivity index (χ2v) is 24.3. The lowest BCUT2D eigenvalue weighted by Crippen LogP contribution is -2.61. The maximum absolute atomic E-state index is 7.37. The van der Waals surface area contributed by atoms with Gasteiger partial charge in [0.1, 0.15) is 16.9 Å². The summed E-state index contributed by atoms with van der Waals surface area (Å²) in [4.78, 5) is 5.12. The number of anilines is 6. The monoisotopic (exact) mass is 965 g/mol. The molecule has 4 heterocycles. The summed E-state index contributed by atoms with van der Waals surface area (Å²) < 4.78 is 14.3. The van der Waals surface area contributed by atoms with Crippen molar-refractivity contribution in [1.82, 2.24) is 0 Å². The van der Waals surface area contributed by atoms with Gasteiger partial charge in [0, 0.05) is 62.7 Å². The van der Waals surface area contributed by atoms with Crippen molar-refractivity contribution < 1.29 is 8.83 Å². The molecule has 366 valence electrons. The first-order valence-electron chi connectivity index (χ1n) is 26.9. The molecule has 0 saturated carbocycles. The Morgan fingerprint density at radius 3 is 1.78 bits per heavy atom. The highest BCUT2D eigenvalue weighted by Crippen LogP contribution is 2.50. The molecule has 0 saturated heterocycles. The summed E-state index contributed by atoms with van der Waals surface area (Å²) in [6, 6.07) is 66.3. The number of fused-ring (bicyclic) bond motifs is 9. The second kappa shape index (κ2) is 17.0. The van der Waals surface area contributed by atoms with Crippen LogP contribution in [0.1, 0.15) is 126 Å². The predicted molar refractivity (Wildman–Crippen MR) is 312 cm³/mol. The Morgan fingerprint density at radius 2 is 1.08 bits per heavy atom. The van der Waals surface area contributed by atoms with Gasteiger partial charge in [-0.05, 0) is 134 Å². The lowest BCUT2D eigenvalue weighted by atomic mass is 9.35. The zero-order chi connectivity index (χ0) is 50.8. The van der Waals surface area contributed by atoms with E-state index in [0.717, 1.165) is 76.0 Å². The molecule has 13 rings (SSSR count). The molecule has 2 aliphatic heterocycles. The molecular weight excluding hydrogens is 900 g/mol. The first kappa shape index (κ1) is 46.3. The van der Waals surface area contributed by atoms with Crippen LogP contribution in [0.2, 0.25) is 0 Å². The minimum absolute atomic E-state index is 0.00461. The van der Waals surface area contributed by atoms with E-state index in [-0.39, 0.29) is 28.9 Å². The third-order valence-electron chi connectivity index (χ3n) is 16.4. The van der Waals surface area contributed by atoms with Gasteiger partial charge in [-0.15, -0.1) is 0 Å². The third-order valence-corrected chi connectivity index (χ3v) is 16.4. The molecule has 3 aliphatic rings. The van der Waals surface area contributed by atoms with Crippen molar-refractivity contribution in [3.05, 3.63) is 221 Å². The number of nitrogens with zero attached hydrogens (tertiary/aromatic N) is 2. The molecule has 2 aromatic heterocycles. The molecule has 10 aromatic rings. The van der Waals surface area contributed by atoms with Crippen molar-refractivity contribution in [2.75, 3.05) is 9.80 Å². The van der Waals surface area contributed by atoms with Crippen LogP contribution in [0.3, 0.4) is 0 Å². The molecule has 5 heteroatoms. The Balaban J connectivity index is 1.11. The summed E-state index contributed by atoms with van der Waals surface area (Å²) >= 11 is 0. The van der Waals surface area contributed by atoms with Crippen molar-refractivity contribution in [3.8, 4) is 11.1 Å². The van der Waals surface area contributed by atoms with Gasteiger partial charge in [-0.2, -0.15) is 0 Å². The molecule has 0 radical (unpaired) electrons. The van der Waals surface area contributed by atoms with Crippen LogP contribution in [-0.4, -0.2) is 6.71 Å². The van der Waals surface area contributed by atoms with E-state index in [4.69, 9.17) is 8.83 Å². The van der Waals surface area contributed by atoms with Crippen LogP contribution in [-0.2, 0) is 29.1 Å². The van der Waals surface area contributed by atoms with Gasteiger partial charge in [0.15, 0.2) is 0 Å². The maximum Gasteiger partial charge on any atom is 0.297 e. The van der Waals surface area contributed by atoms with E-state index in [2.05, 4.69) is 248 Å². The Morgan fingerprint density at radius 1 is 0.473 bits per heavy atom. The van der Waals surface area contributed by atoms with E-state index < -0.39 is 0 Å². The molecular formula is C69H65BN2O2. The molecule has 0 N–H and O–H groups in total. The Hall–Kier alpha value is -7.50. The zero-order valence-electron chi connectivity index (χ0n) is 44.4. The number of para-hydroxylation sites is 4. The van der Waals surface area contributed by atoms with Crippen molar-refractivity contribution in [3.63, 3.8) is 0 Å². The second-order valence-electron chi connectivity index (χ2n) is 24.3. The average Bonchev–Trinajstić information content (AvgIpc) is 4.00. The van der Waals surface area contributed by atoms with E-state index >= 15 is 0 Å². The van der Waals surface area contributed by atoms with Crippen molar-refractivity contribution in [2.45, 2.75) is 110 Å². The van der Waals surface area contributed by atoms with Crippen LogP contribution >= 0.6 is 0 Å². The van der Waals surface area contributed by atoms with Crippen molar-refractivity contribution in [2.24, 2.45) is 0 Å². The van der Waals surface area contributed by atoms with Crippen LogP contribution in [0.5, 0.6) is 0 Å². The quantitative estimate of drug-likeness (QED) is 0.123. The summed E-state index contributed by atoms with van der Waals surface area (Å²) in [5.41, 5.74) is 23.7. The van der Waals surface area contributed by atoms with Gasteiger partial charge in [0.25, 0.3) is 6.71 Å². The number of benzene rings is 8. The van der Waals surface area contributed by atoms with Crippen molar-refractivity contribution >= 4 is 79.4 Å². The number of aryl methyl sites for hydroxylation is 1. The molecule has 0 bridgehead atoms. The topological polar surface area (TPSA) is 32.8 Å². The van der Waals surface area contributed by atoms with Gasteiger partial charge in [-0.25, -0.2) is 0 Å². The van der Waals surface area contributed by atoms with E-state index in [1.54, 1.807) is 0 Å². The number of hydrogen-bond acceptors (Lipinski definition) is 4. The Labute approximate surface area is 437 Å². The van der Waals surface area contributed by atoms with Crippen molar-refractivity contribution in [1.29, 1.82) is 0 Å². The zero-order valence-corrected chi connectivity index (χ0v) is 44.4. The molecule has 1 aliphatic carbocycles. The summed E-state index contributed by atoms with van der Waals surface area (Å²) in [6.07, 6.45) is 4.28. The molecule has 0 amide bonds. The molecule has 4 nitrogen and oxygen atoms in total. The van der Waals surface area contributed by atoms with Crippen LogP contribution in [0.15, 0.2) is 185 Å². The average molecular weight is 965 g/mol. The number of rotatable bonds is 6. The van der Waals surface area contributed by atoms with Gasteiger partial charge in [-0.1, -0.05) is 190 Å². The molecule has 74 heavy (non-hydrogen) atoms. The highest BCUT2D eigenvalue weighted by atomic mass is 16.3. The van der Waals surface area contributed by atoms with Gasteiger partial charge in [-0.3, -0.25) is 0 Å². The van der Waals surface area contributed by atoms with Gasteiger partial charge < -0.3 is 18.6 Å². The van der Waals surface area contributed by atoms with E-state index in [9.17, 15) is 0 Å². The van der Waals surface area contributed by atoms with Gasteiger partial charge in [0.05, 0.1) is 11.3 Å². The molecule has 1 atom stereocenters. The largest absolute Gasteiger partial charge is 0.473 e. The first-order valence-corrected chi connectivity index (χ1v) is 26.9. The standard InChI is InChI=1S/C69H65BN2O2/c1-67(2,3)45-34-31-43(32-35-45)62(51-37-36-46(68(4,5)6)40-55(51)53-28-20-27-52-50-25-16-18-29-60(50)73-65(52)53)44-33-38-56-57(39-44)71(48-21-12-10-13-22-48)58-41-47(69(7,8)9)42-59-63(58)70(56)66-64(54-26-17-19-30-61(54)74-66)72(59)49-23-14-11-15-24-49/h10-16,18,20-25,27-29,31-42,62H,17,19,26,30H2,1-9H3. The third kappa shape index (κ3) is 7.48. The Bertz CT molecular complexity index is 3800. The van der Waals surface area contributed by atoms with Crippen LogP contribution in [0.25, 0.3) is 33.1 Å². The molecule has 8 aromatic carbocycles. The van der Waals surface area contributed by atoms with E-state index in [1.807, 2.05) is 0 Å². The van der Waals surface area contributed by atoms with Gasteiger partial charge in [0.2, 0.25) is 0 Å². The lowest BCUT2D eigenvalue weighted by Gasteiger charge is -2.44. The molecule has 0 fully saturated rings. The molecule has 0 spiro atoms. The summed E-state index contributed by atoms with van der Waals surface area (Å²) in [5, 5.41) is 2.27. The normalized spacial score (nSPS) is 14.7. The molecule has 1 unspecified atom stereocenters. The fourth-order valence-corrected chi connectivity index (χ4v) is 12.5. The lowest BCUT2D eigenvalue weighted by molar-refractivity contribution is 0.497. The fourth-order valence-electron chi connectivity index (χ4n) is 12.5. The van der Waals surface area contributed by atoms with Crippen LogP contribution in [0, 0.1) is 0 Å². The van der Waals surface area contributed by atoms with E-state index in [0.29, 0.717) is 0 Å². The predicted octanol–water partition coefficient (Wildman–Crippen LogP) is 16.9. The smallest absolute Gasteiger partial charge is 0.297 e. The minimum Gasteiger partial charge on any atom is -0.473 e. The number of hydrogen-bond donors (Lipinski definition) is 0. The van der Waals surface area contributed by atoms with Gasteiger partial charge >= 0.3 is 0 Å². The number of furan rings is 2. The summed E-state index contributed by atoms with van der Waals surface area (Å²) in [5.74, 6) is 1.01. The van der Waals surface area contributed by atoms with E-state index in [1.165, 1.54) is 78.2 Å². The van der Waals surface area contributed by atoms with Crippen LogP contribution in [0.4, 0.5) is 34.1 Å². The first-order chi connectivity index (χ1) is 35.6. The summed E-state index contributed by atoms with van der Waals surface area (Å²) in [6.45, 7) is 20.8. The maximum atomic E-state index is 7.37. The summed E-state index contributed by atoms with van der Waals surface area (Å²) in [7, 11) is 0. The van der Waals surface area contributed by atoms with Crippen LogP contribution < -0.4 is 26.4 Å². The minimum atomic E-state index is -0.139. The Kier molecular flexibility index (Phi) is 10.7.